The lowest BCUT2D eigenvalue weighted by Gasteiger charge is -2.17. The Labute approximate surface area is 116 Å². The SMILES string of the molecule is COc1c(C)cc(C(O)C2C(C)(C)C2(C)C)cc1C. The Kier molecular flexibility index (Phi) is 3.21. The second-order valence-electron chi connectivity index (χ2n) is 7.05. The Morgan fingerprint density at radius 2 is 1.47 bits per heavy atom. The molecule has 0 spiro atoms. The van der Waals surface area contributed by atoms with Crippen molar-refractivity contribution in [3.63, 3.8) is 0 Å². The molecule has 1 saturated carbocycles. The highest BCUT2D eigenvalue weighted by molar-refractivity contribution is 5.44. The van der Waals surface area contributed by atoms with Crippen LogP contribution in [0.5, 0.6) is 5.75 Å². The van der Waals surface area contributed by atoms with Crippen LogP contribution in [-0.4, -0.2) is 12.2 Å². The number of ether oxygens (including phenoxy) is 1. The van der Waals surface area contributed by atoms with E-state index in [1.807, 2.05) is 13.8 Å². The van der Waals surface area contributed by atoms with Crippen molar-refractivity contribution in [3.05, 3.63) is 28.8 Å². The van der Waals surface area contributed by atoms with Crippen LogP contribution in [0, 0.1) is 30.6 Å². The highest BCUT2D eigenvalue weighted by Gasteiger charge is 2.67. The van der Waals surface area contributed by atoms with Crippen LogP contribution in [0.1, 0.15) is 50.5 Å². The van der Waals surface area contributed by atoms with E-state index in [0.717, 1.165) is 22.4 Å². The lowest BCUT2D eigenvalue weighted by atomic mass is 9.95. The van der Waals surface area contributed by atoms with Crippen LogP contribution in [0.4, 0.5) is 0 Å². The van der Waals surface area contributed by atoms with Crippen LogP contribution in [0.2, 0.25) is 0 Å². The zero-order valence-corrected chi connectivity index (χ0v) is 13.2. The van der Waals surface area contributed by atoms with Crippen molar-refractivity contribution in [3.8, 4) is 5.75 Å². The Morgan fingerprint density at radius 3 is 1.79 bits per heavy atom. The summed E-state index contributed by atoms with van der Waals surface area (Å²) in [5.41, 5.74) is 3.57. The first kappa shape index (κ1) is 14.4. The maximum atomic E-state index is 10.7. The molecule has 1 aromatic rings. The average molecular weight is 262 g/mol. The van der Waals surface area contributed by atoms with Gasteiger partial charge in [-0.25, -0.2) is 0 Å². The van der Waals surface area contributed by atoms with Crippen molar-refractivity contribution in [2.24, 2.45) is 16.7 Å². The molecule has 1 aliphatic carbocycles. The average Bonchev–Trinajstić information content (AvgIpc) is 2.68. The van der Waals surface area contributed by atoms with Gasteiger partial charge in [-0.2, -0.15) is 0 Å². The monoisotopic (exact) mass is 262 g/mol. The minimum Gasteiger partial charge on any atom is -0.496 e. The van der Waals surface area contributed by atoms with Gasteiger partial charge in [-0.1, -0.05) is 27.7 Å². The predicted molar refractivity (Wildman–Crippen MR) is 78.5 cm³/mol. The van der Waals surface area contributed by atoms with Gasteiger partial charge >= 0.3 is 0 Å². The molecule has 19 heavy (non-hydrogen) atoms. The second-order valence-corrected chi connectivity index (χ2v) is 7.05. The van der Waals surface area contributed by atoms with E-state index < -0.39 is 6.10 Å². The van der Waals surface area contributed by atoms with E-state index >= 15 is 0 Å². The highest BCUT2D eigenvalue weighted by Crippen LogP contribution is 2.72. The van der Waals surface area contributed by atoms with E-state index in [-0.39, 0.29) is 10.8 Å². The number of benzene rings is 1. The van der Waals surface area contributed by atoms with Crippen molar-refractivity contribution in [1.29, 1.82) is 0 Å². The molecule has 0 amide bonds. The van der Waals surface area contributed by atoms with Crippen LogP contribution in [0.25, 0.3) is 0 Å². The summed E-state index contributed by atoms with van der Waals surface area (Å²) in [6.45, 7) is 13.0. The quantitative estimate of drug-likeness (QED) is 0.891. The van der Waals surface area contributed by atoms with Gasteiger partial charge in [-0.05, 0) is 53.5 Å². The van der Waals surface area contributed by atoms with Crippen LogP contribution in [0.15, 0.2) is 12.1 Å². The number of aliphatic hydroxyl groups is 1. The summed E-state index contributed by atoms with van der Waals surface area (Å²) in [7, 11) is 1.69. The topological polar surface area (TPSA) is 29.5 Å². The van der Waals surface area contributed by atoms with Gasteiger partial charge in [-0.15, -0.1) is 0 Å². The zero-order chi connectivity index (χ0) is 14.6. The first-order valence-electron chi connectivity index (χ1n) is 6.97. The molecule has 1 aliphatic rings. The molecule has 0 saturated heterocycles. The Balaban J connectivity index is 2.34. The normalized spacial score (nSPS) is 22.1. The number of hydrogen-bond donors (Lipinski definition) is 1. The molecule has 0 aromatic heterocycles. The summed E-state index contributed by atoms with van der Waals surface area (Å²) in [6.07, 6.45) is -0.395. The van der Waals surface area contributed by atoms with Gasteiger partial charge in [-0.3, -0.25) is 0 Å². The van der Waals surface area contributed by atoms with Crippen LogP contribution in [0.3, 0.4) is 0 Å². The third-order valence-electron chi connectivity index (χ3n) is 5.48. The maximum absolute atomic E-state index is 10.7. The third kappa shape index (κ3) is 1.97. The van der Waals surface area contributed by atoms with E-state index in [4.69, 9.17) is 4.74 Å². The van der Waals surface area contributed by atoms with Gasteiger partial charge in [0.15, 0.2) is 0 Å². The Bertz CT molecular complexity index is 463. The molecule has 0 aliphatic heterocycles. The van der Waals surface area contributed by atoms with Gasteiger partial charge in [0.1, 0.15) is 5.75 Å². The fourth-order valence-corrected chi connectivity index (χ4v) is 3.71. The minimum absolute atomic E-state index is 0.189. The second kappa shape index (κ2) is 4.24. The van der Waals surface area contributed by atoms with Crippen LogP contribution < -0.4 is 4.74 Å². The molecule has 1 atom stereocenters. The minimum atomic E-state index is -0.395. The molecule has 2 rings (SSSR count). The lowest BCUT2D eigenvalue weighted by molar-refractivity contribution is 0.130. The number of methoxy groups -OCH3 is 1. The summed E-state index contributed by atoms with van der Waals surface area (Å²) < 4.78 is 5.39. The summed E-state index contributed by atoms with van der Waals surface area (Å²) in [5, 5.41) is 10.7. The van der Waals surface area contributed by atoms with E-state index in [0.29, 0.717) is 5.92 Å². The molecule has 2 heteroatoms. The van der Waals surface area contributed by atoms with Crippen LogP contribution >= 0.6 is 0 Å². The maximum Gasteiger partial charge on any atom is 0.124 e. The van der Waals surface area contributed by atoms with Crippen molar-refractivity contribution in [2.45, 2.75) is 47.6 Å². The molecule has 0 heterocycles. The first-order chi connectivity index (χ1) is 8.64. The molecule has 1 aromatic carbocycles. The molecule has 2 nitrogen and oxygen atoms in total. The number of aliphatic hydroxyl groups excluding tert-OH is 1. The first-order valence-corrected chi connectivity index (χ1v) is 6.97. The van der Waals surface area contributed by atoms with Crippen molar-refractivity contribution < 1.29 is 9.84 Å². The number of hydrogen-bond acceptors (Lipinski definition) is 2. The predicted octanol–water partition coefficient (Wildman–Crippen LogP) is 4.03. The molecular formula is C17H26O2. The highest BCUT2D eigenvalue weighted by atomic mass is 16.5. The smallest absolute Gasteiger partial charge is 0.124 e. The van der Waals surface area contributed by atoms with Crippen molar-refractivity contribution in [1.82, 2.24) is 0 Å². The van der Waals surface area contributed by atoms with Gasteiger partial charge in [0.25, 0.3) is 0 Å². The van der Waals surface area contributed by atoms with Crippen molar-refractivity contribution >= 4 is 0 Å². The van der Waals surface area contributed by atoms with Gasteiger partial charge < -0.3 is 9.84 Å². The largest absolute Gasteiger partial charge is 0.496 e. The molecule has 1 fully saturated rings. The van der Waals surface area contributed by atoms with Gasteiger partial charge in [0, 0.05) is 5.92 Å². The van der Waals surface area contributed by atoms with E-state index in [9.17, 15) is 5.11 Å². The summed E-state index contributed by atoms with van der Waals surface area (Å²) in [4.78, 5) is 0. The van der Waals surface area contributed by atoms with E-state index in [2.05, 4.69) is 39.8 Å². The lowest BCUT2D eigenvalue weighted by Crippen LogP contribution is -2.07. The fourth-order valence-electron chi connectivity index (χ4n) is 3.71. The molecule has 0 radical (unpaired) electrons. The third-order valence-corrected chi connectivity index (χ3v) is 5.48. The molecule has 106 valence electrons. The number of rotatable bonds is 3. The Hall–Kier alpha value is -1.02. The molecule has 1 N–H and O–H groups in total. The standard InChI is InChI=1S/C17H26O2/c1-10-8-12(9-11(2)14(10)19-7)13(18)15-16(3,4)17(15,5)6/h8-9,13,15,18H,1-7H3. The Morgan fingerprint density at radius 1 is 1.05 bits per heavy atom. The molecule has 1 unspecified atom stereocenters. The summed E-state index contributed by atoms with van der Waals surface area (Å²) in [5.74, 6) is 1.23. The van der Waals surface area contributed by atoms with Crippen molar-refractivity contribution in [2.75, 3.05) is 7.11 Å². The van der Waals surface area contributed by atoms with Gasteiger partial charge in [0.05, 0.1) is 13.2 Å². The molecular weight excluding hydrogens is 236 g/mol. The summed E-state index contributed by atoms with van der Waals surface area (Å²) in [6, 6.07) is 4.11. The number of aryl methyl sites for hydroxylation is 2. The molecule has 0 bridgehead atoms. The fraction of sp³-hybridized carbons (Fsp3) is 0.647. The van der Waals surface area contributed by atoms with Gasteiger partial charge in [0.2, 0.25) is 0 Å². The zero-order valence-electron chi connectivity index (χ0n) is 13.2. The summed E-state index contributed by atoms with van der Waals surface area (Å²) >= 11 is 0. The van der Waals surface area contributed by atoms with E-state index in [1.165, 1.54) is 0 Å². The van der Waals surface area contributed by atoms with E-state index in [1.54, 1.807) is 7.11 Å². The van der Waals surface area contributed by atoms with Crippen LogP contribution in [-0.2, 0) is 0 Å².